The highest BCUT2D eigenvalue weighted by atomic mass is 16.6. The molecular formula is C23H29N2O2+. The molecule has 2 aromatic carbocycles. The number of fused-ring (bicyclic) bond motifs is 5. The number of ether oxygens (including phenoxy) is 1. The molecule has 1 fully saturated rings. The first kappa shape index (κ1) is 18.3. The second-order valence-electron chi connectivity index (χ2n) is 9.31. The van der Waals surface area contributed by atoms with Gasteiger partial charge in [0.25, 0.3) is 5.84 Å². The Hall–Kier alpha value is -2.04. The van der Waals surface area contributed by atoms with Crippen LogP contribution in [0.4, 0.5) is 0 Å². The molecule has 1 saturated carbocycles. The van der Waals surface area contributed by atoms with Crippen LogP contribution in [-0.2, 0) is 15.6 Å². The Labute approximate surface area is 161 Å². The molecule has 4 nitrogen and oxygen atoms in total. The largest absolute Gasteiger partial charge is 0.361 e. The third kappa shape index (κ3) is 1.85. The van der Waals surface area contributed by atoms with Gasteiger partial charge in [-0.15, -0.1) is 5.41 Å². The van der Waals surface area contributed by atoms with Gasteiger partial charge in [0.05, 0.1) is 6.21 Å². The predicted molar refractivity (Wildman–Crippen MR) is 109 cm³/mol. The van der Waals surface area contributed by atoms with E-state index in [2.05, 4.69) is 58.0 Å². The molecule has 0 saturated heterocycles. The van der Waals surface area contributed by atoms with Gasteiger partial charge in [0.2, 0.25) is 5.79 Å². The fraction of sp³-hybridized carbons (Fsp3) is 0.478. The van der Waals surface area contributed by atoms with Crippen molar-refractivity contribution < 1.29 is 14.4 Å². The molecule has 2 aromatic rings. The van der Waals surface area contributed by atoms with Crippen molar-refractivity contribution in [2.45, 2.75) is 63.7 Å². The van der Waals surface area contributed by atoms with Crippen molar-refractivity contribution in [3.63, 3.8) is 0 Å². The number of nitrogens with one attached hydrogen (secondary N) is 1. The Morgan fingerprint density at radius 2 is 1.74 bits per heavy atom. The van der Waals surface area contributed by atoms with Crippen LogP contribution in [0.15, 0.2) is 30.3 Å². The summed E-state index contributed by atoms with van der Waals surface area (Å²) < 4.78 is 7.56. The van der Waals surface area contributed by atoms with Crippen LogP contribution in [0, 0.1) is 5.41 Å². The van der Waals surface area contributed by atoms with E-state index in [0.717, 1.165) is 16.5 Å². The number of methoxy groups -OCH3 is 1. The van der Waals surface area contributed by atoms with Crippen molar-refractivity contribution in [3.05, 3.63) is 47.0 Å². The molecule has 142 valence electrons. The summed E-state index contributed by atoms with van der Waals surface area (Å²) in [6, 6.07) is 10.7. The van der Waals surface area contributed by atoms with Crippen LogP contribution in [0.25, 0.3) is 10.8 Å². The molecule has 3 unspecified atom stereocenters. The average molecular weight is 365 g/mol. The van der Waals surface area contributed by atoms with E-state index in [4.69, 9.17) is 10.1 Å². The van der Waals surface area contributed by atoms with E-state index < -0.39 is 16.7 Å². The van der Waals surface area contributed by atoms with Gasteiger partial charge in [-0.05, 0) is 47.2 Å². The fourth-order valence-electron chi connectivity index (χ4n) is 5.42. The minimum atomic E-state index is -1.36. The van der Waals surface area contributed by atoms with E-state index in [1.165, 1.54) is 10.9 Å². The summed E-state index contributed by atoms with van der Waals surface area (Å²) in [6.45, 7) is 12.5. The SMILES string of the molecule is COC1(O)C2(C)c3c(cc(C(C)(C)C)c4ccccc34)C=[N+](C(C)=N)C12C. The van der Waals surface area contributed by atoms with E-state index >= 15 is 0 Å². The lowest BCUT2D eigenvalue weighted by molar-refractivity contribution is -0.492. The van der Waals surface area contributed by atoms with Gasteiger partial charge >= 0.3 is 0 Å². The van der Waals surface area contributed by atoms with Crippen LogP contribution in [0.1, 0.15) is 58.2 Å². The predicted octanol–water partition coefficient (Wildman–Crippen LogP) is 3.94. The topological polar surface area (TPSA) is 56.3 Å². The van der Waals surface area contributed by atoms with Crippen LogP contribution < -0.4 is 0 Å². The normalized spacial score (nSPS) is 31.9. The van der Waals surface area contributed by atoms with E-state index in [9.17, 15) is 5.11 Å². The maximum absolute atomic E-state index is 11.5. The molecule has 4 rings (SSSR count). The van der Waals surface area contributed by atoms with Crippen molar-refractivity contribution in [1.82, 2.24) is 0 Å². The summed E-state index contributed by atoms with van der Waals surface area (Å²) in [5, 5.41) is 22.2. The van der Waals surface area contributed by atoms with Gasteiger partial charge in [-0.25, -0.2) is 4.58 Å². The van der Waals surface area contributed by atoms with Gasteiger partial charge < -0.3 is 9.84 Å². The lowest BCUT2D eigenvalue weighted by atomic mass is 9.76. The molecule has 0 amide bonds. The van der Waals surface area contributed by atoms with Gasteiger partial charge in [0, 0.05) is 19.6 Å². The van der Waals surface area contributed by atoms with Gasteiger partial charge in [-0.2, -0.15) is 0 Å². The number of rotatable bonds is 1. The Morgan fingerprint density at radius 3 is 2.26 bits per heavy atom. The average Bonchev–Trinajstić information content (AvgIpc) is 3.01. The zero-order valence-corrected chi connectivity index (χ0v) is 17.3. The zero-order chi connectivity index (χ0) is 20.0. The number of amidine groups is 1. The Balaban J connectivity index is 2.19. The van der Waals surface area contributed by atoms with Gasteiger partial charge in [-0.3, -0.25) is 0 Å². The fourth-order valence-corrected chi connectivity index (χ4v) is 5.42. The van der Waals surface area contributed by atoms with Crippen molar-refractivity contribution in [2.24, 2.45) is 0 Å². The summed E-state index contributed by atoms with van der Waals surface area (Å²) >= 11 is 0. The molecule has 2 aliphatic rings. The molecule has 0 bridgehead atoms. The monoisotopic (exact) mass is 365 g/mol. The molecule has 1 aliphatic heterocycles. The zero-order valence-electron chi connectivity index (χ0n) is 17.3. The molecule has 0 radical (unpaired) electrons. The molecule has 1 aliphatic carbocycles. The highest BCUT2D eigenvalue weighted by Gasteiger charge is 2.91. The first-order chi connectivity index (χ1) is 12.4. The minimum absolute atomic E-state index is 0.0181. The third-order valence-electron chi connectivity index (χ3n) is 7.04. The molecule has 0 spiro atoms. The van der Waals surface area contributed by atoms with Crippen LogP contribution in [-0.4, -0.2) is 40.2 Å². The highest BCUT2D eigenvalue weighted by molar-refractivity contribution is 6.00. The van der Waals surface area contributed by atoms with Crippen LogP contribution in [0.2, 0.25) is 0 Å². The van der Waals surface area contributed by atoms with Crippen molar-refractivity contribution in [1.29, 1.82) is 5.41 Å². The van der Waals surface area contributed by atoms with E-state index in [1.54, 1.807) is 14.0 Å². The standard InChI is InChI=1S/C23H29N2O2/c1-14(24)25-13-15-12-18(20(2,3)4)16-10-8-9-11-17(16)19(15)21(5)22(25,6)23(21,26)27-7/h8-13,24,26H,1-7H3/q+1. The second kappa shape index (κ2) is 5.06. The summed E-state index contributed by atoms with van der Waals surface area (Å²) in [6.07, 6.45) is 2.01. The molecule has 3 atom stereocenters. The van der Waals surface area contributed by atoms with Gasteiger partial charge in [0.15, 0.2) is 5.54 Å². The van der Waals surface area contributed by atoms with Gasteiger partial charge in [-0.1, -0.05) is 45.0 Å². The van der Waals surface area contributed by atoms with Crippen molar-refractivity contribution in [3.8, 4) is 0 Å². The van der Waals surface area contributed by atoms with Crippen LogP contribution in [0.3, 0.4) is 0 Å². The second-order valence-corrected chi connectivity index (χ2v) is 9.31. The highest BCUT2D eigenvalue weighted by Crippen LogP contribution is 2.70. The molecule has 4 heteroatoms. The smallest absolute Gasteiger partial charge is 0.287 e. The molecule has 2 N–H and O–H groups in total. The summed E-state index contributed by atoms with van der Waals surface area (Å²) in [5.74, 6) is -0.969. The summed E-state index contributed by atoms with van der Waals surface area (Å²) in [7, 11) is 1.55. The lowest BCUT2D eigenvalue weighted by Gasteiger charge is -2.29. The number of aliphatic hydroxyl groups is 1. The molecule has 1 heterocycles. The summed E-state index contributed by atoms with van der Waals surface area (Å²) in [5.41, 5.74) is 2.05. The first-order valence-corrected chi connectivity index (χ1v) is 9.48. The molecule has 27 heavy (non-hydrogen) atoms. The Morgan fingerprint density at radius 1 is 1.15 bits per heavy atom. The Kier molecular flexibility index (Phi) is 3.44. The number of benzene rings is 2. The van der Waals surface area contributed by atoms with Crippen molar-refractivity contribution >= 4 is 22.8 Å². The summed E-state index contributed by atoms with van der Waals surface area (Å²) in [4.78, 5) is 0. The lowest BCUT2D eigenvalue weighted by Crippen LogP contribution is -2.42. The molecular weight excluding hydrogens is 336 g/mol. The van der Waals surface area contributed by atoms with E-state index in [0.29, 0.717) is 5.84 Å². The maximum atomic E-state index is 11.5. The maximum Gasteiger partial charge on any atom is 0.287 e. The van der Waals surface area contributed by atoms with Crippen molar-refractivity contribution in [2.75, 3.05) is 7.11 Å². The van der Waals surface area contributed by atoms with E-state index in [-0.39, 0.29) is 5.41 Å². The van der Waals surface area contributed by atoms with Gasteiger partial charge in [0.1, 0.15) is 5.41 Å². The number of hydrogen-bond acceptors (Lipinski definition) is 3. The Bertz CT molecular complexity index is 1030. The van der Waals surface area contributed by atoms with Crippen LogP contribution in [0.5, 0.6) is 0 Å². The first-order valence-electron chi connectivity index (χ1n) is 9.48. The van der Waals surface area contributed by atoms with Crippen LogP contribution >= 0.6 is 0 Å². The molecule has 0 aromatic heterocycles. The number of hydrogen-bond donors (Lipinski definition) is 2. The quantitative estimate of drug-likeness (QED) is 0.348. The minimum Gasteiger partial charge on any atom is -0.361 e. The third-order valence-corrected chi connectivity index (χ3v) is 7.04. The number of nitrogens with zero attached hydrogens (tertiary/aromatic N) is 1. The van der Waals surface area contributed by atoms with E-state index in [1.807, 2.05) is 17.7 Å².